The Labute approximate surface area is 133 Å². The molecule has 3 heterocycles. The molecule has 1 amide bonds. The smallest absolute Gasteiger partial charge is 0.243 e. The minimum Gasteiger partial charge on any atom is -0.381 e. The van der Waals surface area contributed by atoms with Gasteiger partial charge in [-0.15, -0.1) is 0 Å². The van der Waals surface area contributed by atoms with E-state index < -0.39 is 0 Å². The summed E-state index contributed by atoms with van der Waals surface area (Å²) in [4.78, 5) is 17.1. The van der Waals surface area contributed by atoms with Crippen molar-refractivity contribution in [3.8, 4) is 0 Å². The first-order valence-corrected chi connectivity index (χ1v) is 8.47. The number of fused-ring (bicyclic) bond motifs is 1. The van der Waals surface area contributed by atoms with Crippen LogP contribution in [0.3, 0.4) is 0 Å². The lowest BCUT2D eigenvalue weighted by Crippen LogP contribution is -2.68. The monoisotopic (exact) mass is 317 g/mol. The maximum absolute atomic E-state index is 12.6. The van der Waals surface area contributed by atoms with Crippen molar-refractivity contribution in [2.45, 2.75) is 25.8 Å². The maximum atomic E-state index is 12.6. The first-order chi connectivity index (χ1) is 10.7. The molecule has 0 radical (unpaired) electrons. The van der Waals surface area contributed by atoms with Gasteiger partial charge in [0.1, 0.15) is 0 Å². The highest BCUT2D eigenvalue weighted by atomic mass is 32.1. The molecule has 0 saturated carbocycles. The van der Waals surface area contributed by atoms with Crippen LogP contribution in [0.1, 0.15) is 18.4 Å². The Balaban J connectivity index is 1.51. The van der Waals surface area contributed by atoms with E-state index in [0.717, 1.165) is 42.8 Å². The highest BCUT2D eigenvalue weighted by Gasteiger charge is 2.51. The van der Waals surface area contributed by atoms with E-state index >= 15 is 0 Å². The van der Waals surface area contributed by atoms with E-state index in [2.05, 4.69) is 28.6 Å². The summed E-state index contributed by atoms with van der Waals surface area (Å²) in [6, 6.07) is 6.02. The van der Waals surface area contributed by atoms with E-state index in [1.807, 2.05) is 12.1 Å². The first-order valence-electron chi connectivity index (χ1n) is 7.66. The summed E-state index contributed by atoms with van der Waals surface area (Å²) < 4.78 is 6.54. The standard InChI is InChI=1S/C16H19N3O2S/c1-10-2-3-11-12(8-10)22-15(18-11)19-14(20)13-16(9-17-13)4-6-21-7-5-16/h2-3,8,13,17H,4-7,9H2,1H3,(H,18,19,20). The minimum absolute atomic E-state index is 0.0314. The fourth-order valence-corrected chi connectivity index (χ4v) is 4.34. The lowest BCUT2D eigenvalue weighted by molar-refractivity contribution is -0.130. The number of carbonyl (C=O) groups is 1. The number of anilines is 1. The first kappa shape index (κ1) is 14.1. The van der Waals surface area contributed by atoms with Crippen LogP contribution in [-0.2, 0) is 9.53 Å². The van der Waals surface area contributed by atoms with E-state index in [1.165, 1.54) is 16.9 Å². The van der Waals surface area contributed by atoms with Crippen molar-refractivity contribution in [2.75, 3.05) is 25.1 Å². The summed E-state index contributed by atoms with van der Waals surface area (Å²) in [5, 5.41) is 6.95. The van der Waals surface area contributed by atoms with Gasteiger partial charge in [-0.2, -0.15) is 0 Å². The Hall–Kier alpha value is -1.50. The van der Waals surface area contributed by atoms with E-state index in [-0.39, 0.29) is 17.4 Å². The molecule has 0 aliphatic carbocycles. The number of hydrogen-bond donors (Lipinski definition) is 2. The molecule has 1 aromatic heterocycles. The van der Waals surface area contributed by atoms with E-state index in [1.54, 1.807) is 0 Å². The average Bonchev–Trinajstić information content (AvgIpc) is 2.88. The second-order valence-corrected chi connectivity index (χ2v) is 7.30. The van der Waals surface area contributed by atoms with Crippen LogP contribution in [0.5, 0.6) is 0 Å². The zero-order valence-corrected chi connectivity index (χ0v) is 13.3. The molecule has 2 N–H and O–H groups in total. The Kier molecular flexibility index (Phi) is 3.40. The summed E-state index contributed by atoms with van der Waals surface area (Å²) in [5.41, 5.74) is 2.22. The number of aromatic nitrogens is 1. The summed E-state index contributed by atoms with van der Waals surface area (Å²) in [6.07, 6.45) is 1.91. The van der Waals surface area contributed by atoms with Crippen molar-refractivity contribution in [2.24, 2.45) is 5.41 Å². The van der Waals surface area contributed by atoms with Crippen molar-refractivity contribution in [3.63, 3.8) is 0 Å². The molecule has 1 aromatic carbocycles. The fourth-order valence-electron chi connectivity index (χ4n) is 3.37. The highest BCUT2D eigenvalue weighted by Crippen LogP contribution is 2.40. The fraction of sp³-hybridized carbons (Fsp3) is 0.500. The number of amides is 1. The van der Waals surface area contributed by atoms with E-state index in [0.29, 0.717) is 5.13 Å². The normalized spacial score (nSPS) is 23.4. The van der Waals surface area contributed by atoms with Crippen LogP contribution in [0.4, 0.5) is 5.13 Å². The highest BCUT2D eigenvalue weighted by molar-refractivity contribution is 7.22. The molecular formula is C16H19N3O2S. The molecule has 2 fully saturated rings. The van der Waals surface area contributed by atoms with Crippen LogP contribution in [0, 0.1) is 12.3 Å². The van der Waals surface area contributed by atoms with Crippen LogP contribution in [0.15, 0.2) is 18.2 Å². The molecule has 5 nitrogen and oxygen atoms in total. The second-order valence-electron chi connectivity index (χ2n) is 6.27. The minimum atomic E-state index is -0.120. The lowest BCUT2D eigenvalue weighted by Gasteiger charge is -2.51. The van der Waals surface area contributed by atoms with Gasteiger partial charge in [-0.1, -0.05) is 17.4 Å². The molecular weight excluding hydrogens is 298 g/mol. The number of nitrogens with zero attached hydrogens (tertiary/aromatic N) is 1. The molecule has 1 atom stereocenters. The number of nitrogens with one attached hydrogen (secondary N) is 2. The molecule has 2 aromatic rings. The molecule has 116 valence electrons. The van der Waals surface area contributed by atoms with Gasteiger partial charge in [-0.05, 0) is 37.5 Å². The number of ether oxygens (including phenoxy) is 1. The zero-order chi connectivity index (χ0) is 15.2. The van der Waals surface area contributed by atoms with Gasteiger partial charge in [0.15, 0.2) is 5.13 Å². The Morgan fingerprint density at radius 2 is 2.27 bits per heavy atom. The van der Waals surface area contributed by atoms with Gasteiger partial charge in [0.05, 0.1) is 16.3 Å². The number of hydrogen-bond acceptors (Lipinski definition) is 5. The Bertz CT molecular complexity index is 721. The van der Waals surface area contributed by atoms with Gasteiger partial charge < -0.3 is 15.4 Å². The van der Waals surface area contributed by atoms with Gasteiger partial charge in [0.25, 0.3) is 0 Å². The molecule has 1 unspecified atom stereocenters. The molecule has 2 saturated heterocycles. The van der Waals surface area contributed by atoms with Crippen molar-refractivity contribution in [1.29, 1.82) is 0 Å². The molecule has 6 heteroatoms. The molecule has 2 aliphatic heterocycles. The van der Waals surface area contributed by atoms with Crippen LogP contribution < -0.4 is 10.6 Å². The number of thiazole rings is 1. The van der Waals surface area contributed by atoms with Crippen LogP contribution in [-0.4, -0.2) is 36.7 Å². The summed E-state index contributed by atoms with van der Waals surface area (Å²) >= 11 is 1.53. The van der Waals surface area contributed by atoms with E-state index in [9.17, 15) is 4.79 Å². The van der Waals surface area contributed by atoms with Crippen LogP contribution >= 0.6 is 11.3 Å². The van der Waals surface area contributed by atoms with Crippen molar-refractivity contribution < 1.29 is 9.53 Å². The second kappa shape index (κ2) is 5.30. The molecule has 4 rings (SSSR count). The van der Waals surface area contributed by atoms with Gasteiger partial charge >= 0.3 is 0 Å². The van der Waals surface area contributed by atoms with Crippen molar-refractivity contribution >= 4 is 32.6 Å². The quantitative estimate of drug-likeness (QED) is 0.892. The third-order valence-electron chi connectivity index (χ3n) is 4.80. The van der Waals surface area contributed by atoms with Gasteiger partial charge in [0.2, 0.25) is 5.91 Å². The number of aryl methyl sites for hydroxylation is 1. The topological polar surface area (TPSA) is 63.2 Å². The predicted octanol–water partition coefficient (Wildman–Crippen LogP) is 2.31. The molecule has 0 bridgehead atoms. The SMILES string of the molecule is Cc1ccc2nc(NC(=O)C3NCC34CCOCC4)sc2c1. The van der Waals surface area contributed by atoms with E-state index in [4.69, 9.17) is 4.74 Å². The third-order valence-corrected chi connectivity index (χ3v) is 5.73. The predicted molar refractivity (Wildman–Crippen MR) is 87.3 cm³/mol. The lowest BCUT2D eigenvalue weighted by atomic mass is 9.67. The van der Waals surface area contributed by atoms with Gasteiger partial charge in [-0.25, -0.2) is 4.98 Å². The average molecular weight is 317 g/mol. The summed E-state index contributed by atoms with van der Waals surface area (Å²) in [5.74, 6) is 0.0314. The van der Waals surface area contributed by atoms with Gasteiger partial charge in [0, 0.05) is 25.2 Å². The zero-order valence-electron chi connectivity index (χ0n) is 12.5. The van der Waals surface area contributed by atoms with Crippen LogP contribution in [0.2, 0.25) is 0 Å². The Morgan fingerprint density at radius 3 is 3.00 bits per heavy atom. The summed E-state index contributed by atoms with van der Waals surface area (Å²) in [7, 11) is 0. The maximum Gasteiger partial charge on any atom is 0.243 e. The number of benzene rings is 1. The third kappa shape index (κ3) is 2.31. The van der Waals surface area contributed by atoms with Crippen molar-refractivity contribution in [1.82, 2.24) is 10.3 Å². The van der Waals surface area contributed by atoms with Gasteiger partial charge in [-0.3, -0.25) is 4.79 Å². The molecule has 22 heavy (non-hydrogen) atoms. The molecule has 1 spiro atoms. The van der Waals surface area contributed by atoms with Crippen molar-refractivity contribution in [3.05, 3.63) is 23.8 Å². The number of carbonyl (C=O) groups excluding carboxylic acids is 1. The summed E-state index contributed by atoms with van der Waals surface area (Å²) in [6.45, 7) is 4.48. The number of rotatable bonds is 2. The molecule has 2 aliphatic rings. The largest absolute Gasteiger partial charge is 0.381 e. The van der Waals surface area contributed by atoms with Crippen LogP contribution in [0.25, 0.3) is 10.2 Å². The Morgan fingerprint density at radius 1 is 1.45 bits per heavy atom.